The number of rotatable bonds is 11. The lowest BCUT2D eigenvalue weighted by Gasteiger charge is -2.30. The summed E-state index contributed by atoms with van der Waals surface area (Å²) in [6.07, 6.45) is 6.32. The van der Waals surface area contributed by atoms with Crippen molar-refractivity contribution >= 4 is 34.3 Å². The van der Waals surface area contributed by atoms with Crippen LogP contribution in [-0.2, 0) is 16.3 Å². The number of carbonyl (C=O) groups is 2. The Morgan fingerprint density at radius 2 is 1.79 bits per heavy atom. The van der Waals surface area contributed by atoms with Crippen molar-refractivity contribution in [3.8, 4) is 17.0 Å². The number of primary amides is 1. The average molecular weight is 676 g/mol. The molecule has 3 saturated carbocycles. The number of aliphatic hydroxyl groups is 1. The lowest BCUT2D eigenvalue weighted by atomic mass is 9.89. The molecule has 9 nitrogen and oxygen atoms in total. The molecule has 2 heterocycles. The van der Waals surface area contributed by atoms with Gasteiger partial charge in [0.2, 0.25) is 0 Å². The highest BCUT2D eigenvalue weighted by atomic mass is 35.5. The number of carbonyl (C=O) groups excluding carboxylic acids is 2. The molecule has 0 radical (unpaired) electrons. The number of benzene rings is 2. The summed E-state index contributed by atoms with van der Waals surface area (Å²) >= 11 is 5.66. The van der Waals surface area contributed by atoms with Crippen molar-refractivity contribution in [1.82, 2.24) is 20.1 Å². The Labute approximate surface area is 268 Å². The van der Waals surface area contributed by atoms with Crippen LogP contribution in [0, 0.1) is 23.4 Å². The second kappa shape index (κ2) is 11.2. The molecule has 246 valence electrons. The first-order valence-electron chi connectivity index (χ1n) is 15.0. The highest BCUT2D eigenvalue weighted by molar-refractivity contribution is 6.31. The van der Waals surface area contributed by atoms with Gasteiger partial charge in [-0.3, -0.25) is 14.3 Å². The molecule has 4 aromatic rings. The molecule has 0 saturated heterocycles. The fourth-order valence-corrected chi connectivity index (χ4v) is 5.72. The number of nitrogens with zero attached hydrogens (tertiary/aromatic N) is 3. The Kier molecular flexibility index (Phi) is 7.43. The molecule has 0 spiro atoms. The number of hydrogen-bond donors (Lipinski definition) is 3. The van der Waals surface area contributed by atoms with Crippen molar-refractivity contribution in [3.63, 3.8) is 0 Å². The van der Waals surface area contributed by atoms with Crippen LogP contribution in [0.5, 0.6) is 5.75 Å². The van der Waals surface area contributed by atoms with Gasteiger partial charge in [-0.05, 0) is 74.8 Å². The van der Waals surface area contributed by atoms with Gasteiger partial charge >= 0.3 is 5.92 Å². The first-order chi connectivity index (χ1) is 22.3. The van der Waals surface area contributed by atoms with E-state index in [0.717, 1.165) is 31.7 Å². The summed E-state index contributed by atoms with van der Waals surface area (Å²) in [6.45, 7) is -0.582. The van der Waals surface area contributed by atoms with E-state index >= 15 is 17.6 Å². The summed E-state index contributed by atoms with van der Waals surface area (Å²) in [5.74, 6) is -12.2. The van der Waals surface area contributed by atoms with Gasteiger partial charge in [0.05, 0.1) is 29.9 Å². The summed E-state index contributed by atoms with van der Waals surface area (Å²) < 4.78 is 82.5. The molecule has 3 fully saturated rings. The molecular formula is C32H27ClF5N5O4. The van der Waals surface area contributed by atoms with Gasteiger partial charge in [0.25, 0.3) is 11.8 Å². The maximum Gasteiger partial charge on any atom is 0.352 e. The number of amides is 2. The summed E-state index contributed by atoms with van der Waals surface area (Å²) in [5, 5.41) is 18.8. The monoisotopic (exact) mass is 675 g/mol. The highest BCUT2D eigenvalue weighted by Gasteiger charge is 2.50. The third-order valence-corrected chi connectivity index (χ3v) is 9.05. The lowest BCUT2D eigenvalue weighted by molar-refractivity contribution is -0.143. The van der Waals surface area contributed by atoms with Crippen molar-refractivity contribution in [1.29, 1.82) is 0 Å². The Balaban J connectivity index is 1.26. The van der Waals surface area contributed by atoms with Crippen LogP contribution in [0.25, 0.3) is 22.2 Å². The molecule has 1 atom stereocenters. The largest absolute Gasteiger partial charge is 0.488 e. The number of alkyl halides is 2. The second-order valence-electron chi connectivity index (χ2n) is 12.3. The molecule has 47 heavy (non-hydrogen) atoms. The first-order valence-corrected chi connectivity index (χ1v) is 15.4. The number of ether oxygens (including phenoxy) is 1. The third kappa shape index (κ3) is 5.67. The van der Waals surface area contributed by atoms with Crippen molar-refractivity contribution in [2.45, 2.75) is 62.2 Å². The van der Waals surface area contributed by atoms with E-state index in [2.05, 4.69) is 15.4 Å². The van der Waals surface area contributed by atoms with E-state index in [1.807, 2.05) is 10.9 Å². The van der Waals surface area contributed by atoms with Gasteiger partial charge in [0.1, 0.15) is 33.4 Å². The average Bonchev–Trinajstić information content (AvgIpc) is 3.88. The van der Waals surface area contributed by atoms with Gasteiger partial charge in [0, 0.05) is 22.7 Å². The number of fused-ring (bicyclic) bond motifs is 1. The van der Waals surface area contributed by atoms with Gasteiger partial charge in [-0.2, -0.15) is 13.9 Å². The number of halogens is 6. The van der Waals surface area contributed by atoms with E-state index in [1.54, 1.807) is 6.07 Å². The number of pyridine rings is 1. The fraction of sp³-hybridized carbons (Fsp3) is 0.375. The smallest absolute Gasteiger partial charge is 0.352 e. The molecule has 3 aliphatic rings. The summed E-state index contributed by atoms with van der Waals surface area (Å²) in [7, 11) is 0. The quantitative estimate of drug-likeness (QED) is 0.139. The lowest BCUT2D eigenvalue weighted by Crippen LogP contribution is -2.44. The molecular weight excluding hydrogens is 649 g/mol. The Morgan fingerprint density at radius 1 is 1.06 bits per heavy atom. The van der Waals surface area contributed by atoms with Gasteiger partial charge in [0.15, 0.2) is 11.6 Å². The van der Waals surface area contributed by atoms with Crippen LogP contribution < -0.4 is 15.8 Å². The van der Waals surface area contributed by atoms with E-state index in [9.17, 15) is 19.1 Å². The topological polar surface area (TPSA) is 132 Å². The summed E-state index contributed by atoms with van der Waals surface area (Å²) in [5.41, 5.74) is -0.571. The minimum atomic E-state index is -4.62. The summed E-state index contributed by atoms with van der Waals surface area (Å²) in [6, 6.07) is 5.32. The van der Waals surface area contributed by atoms with Crippen LogP contribution in [0.2, 0.25) is 5.02 Å². The molecule has 0 bridgehead atoms. The van der Waals surface area contributed by atoms with Gasteiger partial charge < -0.3 is 20.9 Å². The van der Waals surface area contributed by atoms with Crippen molar-refractivity contribution in [2.75, 3.05) is 6.54 Å². The van der Waals surface area contributed by atoms with Crippen molar-refractivity contribution in [3.05, 3.63) is 75.8 Å². The van der Waals surface area contributed by atoms with Crippen LogP contribution in [0.3, 0.4) is 0 Å². The fourth-order valence-electron chi connectivity index (χ4n) is 5.56. The predicted molar refractivity (Wildman–Crippen MR) is 158 cm³/mol. The predicted octanol–water partition coefficient (Wildman–Crippen LogP) is 5.65. The highest BCUT2D eigenvalue weighted by Crippen LogP contribution is 2.47. The van der Waals surface area contributed by atoms with Gasteiger partial charge in [-0.25, -0.2) is 18.2 Å². The van der Waals surface area contributed by atoms with Crippen molar-refractivity contribution < 1.29 is 41.4 Å². The van der Waals surface area contributed by atoms with E-state index in [4.69, 9.17) is 22.1 Å². The van der Waals surface area contributed by atoms with E-state index < -0.39 is 80.8 Å². The molecule has 15 heteroatoms. The maximum absolute atomic E-state index is 15.6. The Morgan fingerprint density at radius 3 is 2.43 bits per heavy atom. The molecule has 7 rings (SSSR count). The molecule has 2 aromatic carbocycles. The Bertz CT molecular complexity index is 1960. The standard InChI is InChI=1S/C32H27ClF5N5O4/c33-24-21(34)8-7-19(25(24)35)28-26(36)20(32(37,38)30(39)45)11-23(41-28)31(46,16-1-2-16)13-40-29(44)14-9-15-12-43(17-3-4-17)42-27(15)22(10-14)47-18-5-6-18/h7-12,16-18,46H,1-6,13H2,(H2,39,45)(H,40,44)/t31-/m1/s1. The normalized spacial score (nSPS) is 17.9. The van der Waals surface area contributed by atoms with Crippen LogP contribution in [0.4, 0.5) is 22.0 Å². The van der Waals surface area contributed by atoms with Crippen molar-refractivity contribution in [2.24, 2.45) is 11.7 Å². The van der Waals surface area contributed by atoms with Crippen LogP contribution >= 0.6 is 11.6 Å². The second-order valence-corrected chi connectivity index (χ2v) is 12.7. The van der Waals surface area contributed by atoms with Crippen LogP contribution in [0.15, 0.2) is 36.5 Å². The molecule has 0 unspecified atom stereocenters. The number of hydrogen-bond acceptors (Lipinski definition) is 6. The van der Waals surface area contributed by atoms with Crippen LogP contribution in [-0.4, -0.2) is 44.3 Å². The first kappa shape index (κ1) is 31.3. The zero-order valence-electron chi connectivity index (χ0n) is 24.5. The third-order valence-electron chi connectivity index (χ3n) is 8.70. The Hall–Kier alpha value is -4.30. The minimum Gasteiger partial charge on any atom is -0.488 e. The number of aromatic nitrogens is 3. The zero-order valence-corrected chi connectivity index (χ0v) is 25.3. The molecule has 0 aliphatic heterocycles. The van der Waals surface area contributed by atoms with Gasteiger partial charge in [-0.15, -0.1) is 0 Å². The minimum absolute atomic E-state index is 0.00911. The number of nitrogens with one attached hydrogen (secondary N) is 1. The zero-order chi connectivity index (χ0) is 33.4. The molecule has 4 N–H and O–H groups in total. The van der Waals surface area contributed by atoms with E-state index in [0.29, 0.717) is 41.6 Å². The maximum atomic E-state index is 15.6. The SMILES string of the molecule is NC(=O)C(F)(F)c1cc([C@@](O)(CNC(=O)c2cc(OC3CC3)c3nn(C4CC4)cc3c2)C2CC2)nc(-c2ccc(F)c(Cl)c2F)c1F. The molecule has 2 aromatic heterocycles. The number of nitrogens with two attached hydrogens (primary N) is 1. The van der Waals surface area contributed by atoms with Crippen LogP contribution in [0.1, 0.15) is 66.2 Å². The molecule has 3 aliphatic carbocycles. The van der Waals surface area contributed by atoms with E-state index in [1.165, 1.54) is 6.07 Å². The summed E-state index contributed by atoms with van der Waals surface area (Å²) in [4.78, 5) is 29.2. The molecule has 2 amide bonds. The van der Waals surface area contributed by atoms with Gasteiger partial charge in [-0.1, -0.05) is 11.6 Å². The van der Waals surface area contributed by atoms with E-state index in [-0.39, 0.29) is 17.7 Å².